The molecule has 1 unspecified atom stereocenters. The van der Waals surface area contributed by atoms with Crippen molar-refractivity contribution in [3.63, 3.8) is 0 Å². The molecule has 0 fully saturated rings. The molecule has 0 aliphatic carbocycles. The predicted octanol–water partition coefficient (Wildman–Crippen LogP) is 3.33. The van der Waals surface area contributed by atoms with Gasteiger partial charge in [0.05, 0.1) is 0 Å². The van der Waals surface area contributed by atoms with Crippen LogP contribution in [0.3, 0.4) is 0 Å². The molecule has 1 atom stereocenters. The van der Waals surface area contributed by atoms with Crippen molar-refractivity contribution in [2.75, 3.05) is 0 Å². The fourth-order valence-corrected chi connectivity index (χ4v) is 0.981. The molecule has 0 amide bonds. The molecule has 70 valence electrons. The third-order valence-corrected chi connectivity index (χ3v) is 1.59. The maximum atomic E-state index is 5.77. The summed E-state index contributed by atoms with van der Waals surface area (Å²) in [5.41, 5.74) is 5.77. The maximum Gasteiger partial charge on any atom is 0.00387 e. The summed E-state index contributed by atoms with van der Waals surface area (Å²) in [4.78, 5) is 0. The zero-order valence-electron chi connectivity index (χ0n) is 8.69. The lowest BCUT2D eigenvalue weighted by Crippen LogP contribution is -2.18. The first-order chi connectivity index (χ1) is 5.31. The molecule has 0 rings (SSSR count). The monoisotopic (exact) mass is 159 g/mol. The summed E-state index contributed by atoms with van der Waals surface area (Å²) in [6, 6.07) is 0.468. The summed E-state index contributed by atoms with van der Waals surface area (Å²) < 4.78 is 0. The van der Waals surface area contributed by atoms with Crippen LogP contribution >= 0.6 is 0 Å². The van der Waals surface area contributed by atoms with Gasteiger partial charge >= 0.3 is 0 Å². The Bertz CT molecular complexity index is 52.8. The molecule has 0 aromatic carbocycles. The summed E-state index contributed by atoms with van der Waals surface area (Å²) >= 11 is 0. The van der Waals surface area contributed by atoms with E-state index in [0.717, 1.165) is 0 Å². The van der Waals surface area contributed by atoms with Crippen molar-refractivity contribution in [1.82, 2.24) is 0 Å². The van der Waals surface area contributed by atoms with E-state index in [1.807, 2.05) is 13.8 Å². The van der Waals surface area contributed by atoms with E-state index in [4.69, 9.17) is 5.73 Å². The van der Waals surface area contributed by atoms with Crippen LogP contribution in [-0.2, 0) is 0 Å². The lowest BCUT2D eigenvalue weighted by molar-refractivity contribution is 0.535. The van der Waals surface area contributed by atoms with Crippen LogP contribution in [0, 0.1) is 0 Å². The van der Waals surface area contributed by atoms with Gasteiger partial charge in [0, 0.05) is 6.04 Å². The maximum absolute atomic E-state index is 5.77. The van der Waals surface area contributed by atoms with E-state index < -0.39 is 0 Å². The molecular formula is C10H25N. The molecule has 0 bridgehead atoms. The minimum Gasteiger partial charge on any atom is -0.328 e. The molecule has 2 N–H and O–H groups in total. The molecular weight excluding hydrogens is 134 g/mol. The minimum atomic E-state index is 0.468. The molecule has 0 aliphatic heterocycles. The van der Waals surface area contributed by atoms with Crippen LogP contribution in [0.4, 0.5) is 0 Å². The molecule has 1 heteroatoms. The van der Waals surface area contributed by atoms with Crippen LogP contribution in [-0.4, -0.2) is 6.04 Å². The number of unbranched alkanes of at least 4 members (excludes halogenated alkanes) is 1. The van der Waals surface area contributed by atoms with Crippen molar-refractivity contribution in [2.45, 2.75) is 65.8 Å². The molecule has 0 aliphatic rings. The molecule has 11 heavy (non-hydrogen) atoms. The van der Waals surface area contributed by atoms with Crippen LogP contribution in [0.15, 0.2) is 0 Å². The van der Waals surface area contributed by atoms with Crippen molar-refractivity contribution in [3.8, 4) is 0 Å². The van der Waals surface area contributed by atoms with Gasteiger partial charge in [0.15, 0.2) is 0 Å². The second-order valence-corrected chi connectivity index (χ2v) is 2.69. The van der Waals surface area contributed by atoms with Gasteiger partial charge in [-0.3, -0.25) is 0 Å². The zero-order chi connectivity index (χ0) is 9.11. The summed E-state index contributed by atoms with van der Waals surface area (Å²) in [6.45, 7) is 8.39. The second-order valence-electron chi connectivity index (χ2n) is 2.69. The van der Waals surface area contributed by atoms with Crippen LogP contribution < -0.4 is 5.73 Å². The fourth-order valence-electron chi connectivity index (χ4n) is 0.981. The van der Waals surface area contributed by atoms with E-state index in [9.17, 15) is 0 Å². The van der Waals surface area contributed by atoms with Gasteiger partial charge in [-0.1, -0.05) is 47.0 Å². The van der Waals surface area contributed by atoms with Gasteiger partial charge in [-0.15, -0.1) is 0 Å². The number of nitrogens with two attached hydrogens (primary N) is 1. The van der Waals surface area contributed by atoms with Crippen LogP contribution in [0.5, 0.6) is 0 Å². The first kappa shape index (κ1) is 13.5. The van der Waals surface area contributed by atoms with Gasteiger partial charge in [-0.05, 0) is 12.8 Å². The zero-order valence-corrected chi connectivity index (χ0v) is 8.69. The second kappa shape index (κ2) is 12.6. The van der Waals surface area contributed by atoms with Crippen molar-refractivity contribution in [2.24, 2.45) is 5.73 Å². The third-order valence-electron chi connectivity index (χ3n) is 1.59. The Labute approximate surface area is 72.4 Å². The first-order valence-corrected chi connectivity index (χ1v) is 5.06. The lowest BCUT2D eigenvalue weighted by Gasteiger charge is -2.07. The Morgan fingerprint density at radius 1 is 1.00 bits per heavy atom. The molecule has 1 nitrogen and oxygen atoms in total. The topological polar surface area (TPSA) is 26.0 Å². The normalized spacial score (nSPS) is 11.7. The largest absolute Gasteiger partial charge is 0.328 e. The van der Waals surface area contributed by atoms with Gasteiger partial charge in [0.2, 0.25) is 0 Å². The van der Waals surface area contributed by atoms with Crippen molar-refractivity contribution < 1.29 is 0 Å². The number of hydrogen-bond donors (Lipinski definition) is 1. The van der Waals surface area contributed by atoms with Gasteiger partial charge in [0.25, 0.3) is 0 Å². The molecule has 0 aromatic heterocycles. The summed E-state index contributed by atoms with van der Waals surface area (Å²) in [5.74, 6) is 0. The van der Waals surface area contributed by atoms with Gasteiger partial charge in [-0.2, -0.15) is 0 Å². The van der Waals surface area contributed by atoms with Crippen molar-refractivity contribution in [3.05, 3.63) is 0 Å². The van der Waals surface area contributed by atoms with Crippen LogP contribution in [0.1, 0.15) is 59.8 Å². The van der Waals surface area contributed by atoms with E-state index in [0.29, 0.717) is 6.04 Å². The Hall–Kier alpha value is -0.0400. The van der Waals surface area contributed by atoms with Gasteiger partial charge < -0.3 is 5.73 Å². The first-order valence-electron chi connectivity index (χ1n) is 5.06. The molecule has 0 heterocycles. The van der Waals surface area contributed by atoms with E-state index in [1.54, 1.807) is 0 Å². The highest BCUT2D eigenvalue weighted by atomic mass is 14.6. The molecule has 0 spiro atoms. The van der Waals surface area contributed by atoms with Gasteiger partial charge in [-0.25, -0.2) is 0 Å². The van der Waals surface area contributed by atoms with Crippen LogP contribution in [0.2, 0.25) is 0 Å². The summed E-state index contributed by atoms with van der Waals surface area (Å²) in [7, 11) is 0. The number of rotatable bonds is 5. The number of hydrogen-bond acceptors (Lipinski definition) is 1. The van der Waals surface area contributed by atoms with Crippen molar-refractivity contribution in [1.29, 1.82) is 0 Å². The van der Waals surface area contributed by atoms with Crippen molar-refractivity contribution >= 4 is 0 Å². The highest BCUT2D eigenvalue weighted by molar-refractivity contribution is 4.58. The SMILES string of the molecule is CC.CCCCC(N)CCC. The highest BCUT2D eigenvalue weighted by Crippen LogP contribution is 2.02. The Balaban J connectivity index is 0. The van der Waals surface area contributed by atoms with Crippen LogP contribution in [0.25, 0.3) is 0 Å². The molecule has 0 saturated heterocycles. The predicted molar refractivity (Wildman–Crippen MR) is 53.8 cm³/mol. The van der Waals surface area contributed by atoms with E-state index >= 15 is 0 Å². The Morgan fingerprint density at radius 2 is 1.55 bits per heavy atom. The third kappa shape index (κ3) is 13.0. The van der Waals surface area contributed by atoms with E-state index in [2.05, 4.69) is 13.8 Å². The Morgan fingerprint density at radius 3 is 1.91 bits per heavy atom. The van der Waals surface area contributed by atoms with Gasteiger partial charge in [0.1, 0.15) is 0 Å². The lowest BCUT2D eigenvalue weighted by atomic mass is 10.1. The van der Waals surface area contributed by atoms with E-state index in [-0.39, 0.29) is 0 Å². The smallest absolute Gasteiger partial charge is 0.00387 e. The summed E-state index contributed by atoms with van der Waals surface area (Å²) in [6.07, 6.45) is 6.20. The van der Waals surface area contributed by atoms with E-state index in [1.165, 1.54) is 32.1 Å². The Kier molecular flexibility index (Phi) is 15.5. The molecule has 0 saturated carbocycles. The standard InChI is InChI=1S/C8H19N.C2H6/c1-3-5-7-8(9)6-4-2;1-2/h8H,3-7,9H2,1-2H3;1-2H3. The quantitative estimate of drug-likeness (QED) is 0.654. The highest BCUT2D eigenvalue weighted by Gasteiger charge is 1.97. The average molecular weight is 159 g/mol. The molecule has 0 aromatic rings. The molecule has 0 radical (unpaired) electrons. The summed E-state index contributed by atoms with van der Waals surface area (Å²) in [5, 5.41) is 0. The minimum absolute atomic E-state index is 0.468. The fraction of sp³-hybridized carbons (Fsp3) is 1.00. The average Bonchev–Trinajstić information content (AvgIpc) is 2.05.